The summed E-state index contributed by atoms with van der Waals surface area (Å²) in [6, 6.07) is 12.4. The minimum absolute atomic E-state index is 0.346. The zero-order chi connectivity index (χ0) is 21.5. The Hall–Kier alpha value is -3.06. The molecule has 2 aliphatic heterocycles. The van der Waals surface area contributed by atoms with E-state index in [0.717, 1.165) is 54.4 Å². The highest BCUT2D eigenvalue weighted by atomic mass is 35.5. The van der Waals surface area contributed by atoms with Crippen molar-refractivity contribution < 1.29 is 9.47 Å². The largest absolute Gasteiger partial charge is 0.456 e. The van der Waals surface area contributed by atoms with E-state index in [9.17, 15) is 0 Å². The third-order valence-electron chi connectivity index (χ3n) is 6.66. The molecule has 3 aromatic rings. The SMILES string of the molecule is Clc1ccc2c(c1)CC1(Cc3nnc(C4CCC(Nc5ccccn5)CC4)n3-2)OC=CO1. The van der Waals surface area contributed by atoms with Crippen molar-refractivity contribution in [3.8, 4) is 5.69 Å². The summed E-state index contributed by atoms with van der Waals surface area (Å²) in [5.41, 5.74) is 2.14. The summed E-state index contributed by atoms with van der Waals surface area (Å²) in [7, 11) is 0. The average molecular weight is 450 g/mol. The fourth-order valence-corrected chi connectivity index (χ4v) is 5.33. The molecule has 1 spiro atoms. The molecule has 0 radical (unpaired) electrons. The van der Waals surface area contributed by atoms with Gasteiger partial charge in [-0.25, -0.2) is 4.98 Å². The number of ether oxygens (including phenoxy) is 2. The van der Waals surface area contributed by atoms with Crippen molar-refractivity contribution in [2.45, 2.75) is 56.3 Å². The van der Waals surface area contributed by atoms with Gasteiger partial charge in [0.05, 0.1) is 18.5 Å². The Morgan fingerprint density at radius 3 is 2.62 bits per heavy atom. The molecule has 0 amide bonds. The van der Waals surface area contributed by atoms with Gasteiger partial charge in [-0.05, 0) is 61.6 Å². The van der Waals surface area contributed by atoms with Crippen LogP contribution in [0.3, 0.4) is 0 Å². The molecule has 32 heavy (non-hydrogen) atoms. The second-order valence-electron chi connectivity index (χ2n) is 8.76. The van der Waals surface area contributed by atoms with Crippen LogP contribution in [0.25, 0.3) is 5.69 Å². The van der Waals surface area contributed by atoms with E-state index in [2.05, 4.69) is 31.1 Å². The third-order valence-corrected chi connectivity index (χ3v) is 6.89. The molecule has 4 heterocycles. The van der Waals surface area contributed by atoms with E-state index < -0.39 is 5.79 Å². The highest BCUT2D eigenvalue weighted by molar-refractivity contribution is 6.30. The molecule has 1 fully saturated rings. The second-order valence-corrected chi connectivity index (χ2v) is 9.20. The fourth-order valence-electron chi connectivity index (χ4n) is 5.13. The minimum atomic E-state index is -0.789. The number of halogens is 1. The number of fused-ring (bicyclic) bond motifs is 3. The Morgan fingerprint density at radius 1 is 1.00 bits per heavy atom. The van der Waals surface area contributed by atoms with Gasteiger partial charge in [0.1, 0.15) is 30.0 Å². The summed E-state index contributed by atoms with van der Waals surface area (Å²) in [4.78, 5) is 4.40. The maximum Gasteiger partial charge on any atom is 0.260 e. The molecule has 3 aliphatic rings. The van der Waals surface area contributed by atoms with Crippen LogP contribution in [0.4, 0.5) is 5.82 Å². The Bertz CT molecular complexity index is 1150. The lowest BCUT2D eigenvalue weighted by Gasteiger charge is -2.29. The molecular weight excluding hydrogens is 426 g/mol. The van der Waals surface area contributed by atoms with Crippen LogP contribution in [-0.2, 0) is 22.3 Å². The summed E-state index contributed by atoms with van der Waals surface area (Å²) >= 11 is 6.35. The quantitative estimate of drug-likeness (QED) is 0.621. The highest BCUT2D eigenvalue weighted by Crippen LogP contribution is 2.40. The number of aromatic nitrogens is 4. The van der Waals surface area contributed by atoms with Crippen molar-refractivity contribution in [1.82, 2.24) is 19.7 Å². The van der Waals surface area contributed by atoms with Crippen LogP contribution in [0.5, 0.6) is 0 Å². The summed E-state index contributed by atoms with van der Waals surface area (Å²) in [6.45, 7) is 0. The number of nitrogens with zero attached hydrogens (tertiary/aromatic N) is 4. The lowest BCUT2D eigenvalue weighted by molar-refractivity contribution is -0.139. The first kappa shape index (κ1) is 19.6. The van der Waals surface area contributed by atoms with E-state index in [1.807, 2.05) is 36.5 Å². The topological polar surface area (TPSA) is 74.1 Å². The average Bonchev–Trinajstić information content (AvgIpc) is 3.40. The standard InChI is InChI=1S/C24H24ClN5O2/c25-18-6-9-20-17(13-18)14-24(31-11-12-32-24)15-22-28-29-23(30(20)22)16-4-7-19(8-5-16)27-21-3-1-2-10-26-21/h1-3,6,9-13,16,19H,4-5,7-8,14-15H2,(H,26,27). The number of pyridine rings is 1. The van der Waals surface area contributed by atoms with E-state index in [4.69, 9.17) is 21.1 Å². The number of hydrogen-bond donors (Lipinski definition) is 1. The summed E-state index contributed by atoms with van der Waals surface area (Å²) in [5.74, 6) is 2.37. The Labute approximate surface area is 191 Å². The van der Waals surface area contributed by atoms with Crippen LogP contribution in [-0.4, -0.2) is 31.6 Å². The van der Waals surface area contributed by atoms with Gasteiger partial charge < -0.3 is 14.8 Å². The maximum absolute atomic E-state index is 6.35. The van der Waals surface area contributed by atoms with Crippen LogP contribution >= 0.6 is 11.6 Å². The molecule has 2 aromatic heterocycles. The molecule has 6 rings (SSSR count). The van der Waals surface area contributed by atoms with Gasteiger partial charge in [0.25, 0.3) is 5.79 Å². The fraction of sp³-hybridized carbons (Fsp3) is 0.375. The molecule has 1 aromatic carbocycles. The first-order chi connectivity index (χ1) is 15.7. The molecule has 1 aliphatic carbocycles. The summed E-state index contributed by atoms with van der Waals surface area (Å²) < 4.78 is 14.0. The maximum atomic E-state index is 6.35. The molecule has 1 saturated carbocycles. The van der Waals surface area contributed by atoms with Gasteiger partial charge in [-0.2, -0.15) is 0 Å². The van der Waals surface area contributed by atoms with Crippen LogP contribution < -0.4 is 5.32 Å². The van der Waals surface area contributed by atoms with Gasteiger partial charge in [-0.1, -0.05) is 17.7 Å². The molecule has 8 heteroatoms. The third kappa shape index (κ3) is 3.50. The van der Waals surface area contributed by atoms with E-state index in [0.29, 0.717) is 29.8 Å². The molecule has 0 bridgehead atoms. The number of benzene rings is 1. The summed E-state index contributed by atoms with van der Waals surface area (Å²) in [6.07, 6.45) is 10.4. The van der Waals surface area contributed by atoms with Crippen LogP contribution in [0, 0.1) is 0 Å². The Kier molecular flexibility index (Phi) is 4.79. The molecule has 7 nitrogen and oxygen atoms in total. The van der Waals surface area contributed by atoms with Gasteiger partial charge in [0.2, 0.25) is 0 Å². The molecule has 0 saturated heterocycles. The zero-order valence-electron chi connectivity index (χ0n) is 17.6. The molecule has 0 unspecified atom stereocenters. The summed E-state index contributed by atoms with van der Waals surface area (Å²) in [5, 5.41) is 13.5. The number of anilines is 1. The predicted octanol–water partition coefficient (Wildman–Crippen LogP) is 4.77. The molecule has 0 atom stereocenters. The van der Waals surface area contributed by atoms with Crippen molar-refractivity contribution in [3.05, 3.63) is 77.4 Å². The highest BCUT2D eigenvalue weighted by Gasteiger charge is 2.42. The van der Waals surface area contributed by atoms with Gasteiger partial charge >= 0.3 is 0 Å². The van der Waals surface area contributed by atoms with Crippen LogP contribution in [0.15, 0.2) is 55.1 Å². The lowest BCUT2D eigenvalue weighted by atomic mass is 9.85. The van der Waals surface area contributed by atoms with Crippen LogP contribution in [0.2, 0.25) is 5.02 Å². The van der Waals surface area contributed by atoms with Gasteiger partial charge in [0.15, 0.2) is 0 Å². The minimum Gasteiger partial charge on any atom is -0.456 e. The number of hydrogen-bond acceptors (Lipinski definition) is 6. The second kappa shape index (κ2) is 7.81. The smallest absolute Gasteiger partial charge is 0.260 e. The van der Waals surface area contributed by atoms with Crippen LogP contribution in [0.1, 0.15) is 48.8 Å². The predicted molar refractivity (Wildman–Crippen MR) is 121 cm³/mol. The van der Waals surface area contributed by atoms with Crippen molar-refractivity contribution >= 4 is 17.4 Å². The first-order valence-electron chi connectivity index (χ1n) is 11.1. The zero-order valence-corrected chi connectivity index (χ0v) is 18.3. The van der Waals surface area contributed by atoms with Crippen molar-refractivity contribution in [3.63, 3.8) is 0 Å². The van der Waals surface area contributed by atoms with E-state index in [1.54, 1.807) is 12.5 Å². The van der Waals surface area contributed by atoms with E-state index >= 15 is 0 Å². The Balaban J connectivity index is 1.28. The monoisotopic (exact) mass is 449 g/mol. The first-order valence-corrected chi connectivity index (χ1v) is 11.5. The number of rotatable bonds is 3. The van der Waals surface area contributed by atoms with Crippen molar-refractivity contribution in [1.29, 1.82) is 0 Å². The molecule has 1 N–H and O–H groups in total. The van der Waals surface area contributed by atoms with Gasteiger partial charge in [-0.15, -0.1) is 10.2 Å². The molecular formula is C24H24ClN5O2. The molecule has 164 valence electrons. The Morgan fingerprint density at radius 2 is 1.84 bits per heavy atom. The van der Waals surface area contributed by atoms with E-state index in [1.165, 1.54) is 0 Å². The van der Waals surface area contributed by atoms with E-state index in [-0.39, 0.29) is 0 Å². The van der Waals surface area contributed by atoms with Crippen molar-refractivity contribution in [2.24, 2.45) is 0 Å². The lowest BCUT2D eigenvalue weighted by Crippen LogP contribution is -2.35. The van der Waals surface area contributed by atoms with Gasteiger partial charge in [0, 0.05) is 23.2 Å². The normalized spacial score (nSPS) is 23.0. The van der Waals surface area contributed by atoms with Gasteiger partial charge in [-0.3, -0.25) is 4.57 Å². The number of nitrogens with one attached hydrogen (secondary N) is 1. The van der Waals surface area contributed by atoms with Crippen molar-refractivity contribution in [2.75, 3.05) is 5.32 Å².